The summed E-state index contributed by atoms with van der Waals surface area (Å²) in [4.78, 5) is 15.0. The average molecular weight is 503 g/mol. The van der Waals surface area contributed by atoms with Gasteiger partial charge in [-0.05, 0) is 44.0 Å². The molecular formula is C24H27FN4O3S2. The van der Waals surface area contributed by atoms with Gasteiger partial charge in [-0.2, -0.15) is 0 Å². The van der Waals surface area contributed by atoms with E-state index in [0.29, 0.717) is 23.0 Å². The van der Waals surface area contributed by atoms with Crippen LogP contribution in [0, 0.1) is 5.82 Å². The zero-order valence-corrected chi connectivity index (χ0v) is 20.7. The predicted octanol–water partition coefficient (Wildman–Crippen LogP) is 3.98. The van der Waals surface area contributed by atoms with E-state index in [0.717, 1.165) is 12.1 Å². The second-order valence-electron chi connectivity index (χ2n) is 8.36. The van der Waals surface area contributed by atoms with Crippen molar-refractivity contribution < 1.29 is 17.6 Å². The Labute approximate surface area is 203 Å². The number of sulfone groups is 1. The molecule has 1 saturated heterocycles. The molecule has 2 aromatic carbocycles. The van der Waals surface area contributed by atoms with E-state index in [-0.39, 0.29) is 35.2 Å². The van der Waals surface area contributed by atoms with Gasteiger partial charge in [0.2, 0.25) is 5.91 Å². The molecule has 3 aromatic rings. The summed E-state index contributed by atoms with van der Waals surface area (Å²) in [6.07, 6.45) is 1.19. The van der Waals surface area contributed by atoms with Crippen molar-refractivity contribution in [1.82, 2.24) is 19.7 Å². The van der Waals surface area contributed by atoms with Crippen LogP contribution in [0.3, 0.4) is 0 Å². The highest BCUT2D eigenvalue weighted by molar-refractivity contribution is 7.99. The topological polar surface area (TPSA) is 85.2 Å². The van der Waals surface area contributed by atoms with Crippen LogP contribution in [-0.4, -0.2) is 63.3 Å². The molecule has 1 amide bonds. The fourth-order valence-corrected chi connectivity index (χ4v) is 6.72. The third-order valence-corrected chi connectivity index (χ3v) is 8.71. The molecule has 2 atom stereocenters. The van der Waals surface area contributed by atoms with Gasteiger partial charge in [0, 0.05) is 17.8 Å². The SMILES string of the molecule is CC[C@H](C)N(C(=O)CSc1nnc(-c2ccccc2F)n1-c1ccccc1)[C@H]1CCS(=O)(=O)C1. The molecule has 4 rings (SSSR count). The first-order valence-corrected chi connectivity index (χ1v) is 14.0. The first kappa shape index (κ1) is 24.4. The minimum absolute atomic E-state index is 0.00533. The molecule has 0 radical (unpaired) electrons. The van der Waals surface area contributed by atoms with Crippen LogP contribution in [0.5, 0.6) is 0 Å². The largest absolute Gasteiger partial charge is 0.335 e. The Balaban J connectivity index is 1.62. The van der Waals surface area contributed by atoms with Crippen LogP contribution in [0.15, 0.2) is 59.8 Å². The normalized spacial score (nSPS) is 18.0. The van der Waals surface area contributed by atoms with Crippen molar-refractivity contribution in [3.63, 3.8) is 0 Å². The number of aromatic nitrogens is 3. The maximum Gasteiger partial charge on any atom is 0.233 e. The molecule has 34 heavy (non-hydrogen) atoms. The number of rotatable bonds is 8. The first-order valence-electron chi connectivity index (χ1n) is 11.2. The van der Waals surface area contributed by atoms with E-state index in [2.05, 4.69) is 10.2 Å². The molecule has 0 spiro atoms. The van der Waals surface area contributed by atoms with Gasteiger partial charge in [0.25, 0.3) is 0 Å². The van der Waals surface area contributed by atoms with Crippen molar-refractivity contribution in [1.29, 1.82) is 0 Å². The molecule has 2 heterocycles. The van der Waals surface area contributed by atoms with Gasteiger partial charge in [0.05, 0.1) is 22.8 Å². The van der Waals surface area contributed by atoms with Crippen LogP contribution in [0.4, 0.5) is 4.39 Å². The minimum atomic E-state index is -3.12. The lowest BCUT2D eigenvalue weighted by Crippen LogP contribution is -2.47. The van der Waals surface area contributed by atoms with Crippen molar-refractivity contribution >= 4 is 27.5 Å². The summed E-state index contributed by atoms with van der Waals surface area (Å²) in [6, 6.07) is 15.3. The summed E-state index contributed by atoms with van der Waals surface area (Å²) >= 11 is 1.21. The number of carbonyl (C=O) groups excluding carboxylic acids is 1. The molecule has 0 bridgehead atoms. The Hall–Kier alpha value is -2.72. The number of benzene rings is 2. The maximum absolute atomic E-state index is 14.6. The van der Waals surface area contributed by atoms with Crippen LogP contribution in [0.1, 0.15) is 26.7 Å². The van der Waals surface area contributed by atoms with Crippen molar-refractivity contribution in [2.24, 2.45) is 0 Å². The summed E-state index contributed by atoms with van der Waals surface area (Å²) < 4.78 is 40.4. The molecule has 0 N–H and O–H groups in total. The van der Waals surface area contributed by atoms with Crippen molar-refractivity contribution in [3.05, 3.63) is 60.4 Å². The smallest absolute Gasteiger partial charge is 0.233 e. The summed E-state index contributed by atoms with van der Waals surface area (Å²) in [5.74, 6) is -0.0186. The van der Waals surface area contributed by atoms with E-state index >= 15 is 0 Å². The summed E-state index contributed by atoms with van der Waals surface area (Å²) in [6.45, 7) is 3.92. The van der Waals surface area contributed by atoms with Gasteiger partial charge in [-0.15, -0.1) is 10.2 Å². The number of thioether (sulfide) groups is 1. The van der Waals surface area contributed by atoms with Gasteiger partial charge in [-0.3, -0.25) is 9.36 Å². The van der Waals surface area contributed by atoms with Crippen LogP contribution in [-0.2, 0) is 14.6 Å². The van der Waals surface area contributed by atoms with Crippen molar-refractivity contribution in [2.75, 3.05) is 17.3 Å². The Bertz CT molecular complexity index is 1260. The monoisotopic (exact) mass is 502 g/mol. The quantitative estimate of drug-likeness (QED) is 0.433. The fraction of sp³-hybridized carbons (Fsp3) is 0.375. The Kier molecular flexibility index (Phi) is 7.37. The van der Waals surface area contributed by atoms with E-state index < -0.39 is 15.7 Å². The Morgan fingerprint density at radius 2 is 1.88 bits per heavy atom. The molecule has 1 aromatic heterocycles. The number of para-hydroxylation sites is 1. The van der Waals surface area contributed by atoms with E-state index in [1.54, 1.807) is 27.7 Å². The highest BCUT2D eigenvalue weighted by Gasteiger charge is 2.36. The fourth-order valence-electron chi connectivity index (χ4n) is 4.19. The van der Waals surface area contributed by atoms with Gasteiger partial charge in [-0.1, -0.05) is 49.0 Å². The number of hydrogen-bond donors (Lipinski definition) is 0. The van der Waals surface area contributed by atoms with Crippen molar-refractivity contribution in [2.45, 2.75) is 43.9 Å². The molecular weight excluding hydrogens is 475 g/mol. The van der Waals surface area contributed by atoms with E-state index in [1.165, 1.54) is 17.8 Å². The molecule has 0 aliphatic carbocycles. The van der Waals surface area contributed by atoms with Crippen LogP contribution >= 0.6 is 11.8 Å². The molecule has 1 fully saturated rings. The third-order valence-electron chi connectivity index (χ3n) is 6.04. The lowest BCUT2D eigenvalue weighted by Gasteiger charge is -2.33. The molecule has 180 valence electrons. The van der Waals surface area contributed by atoms with Gasteiger partial charge in [-0.25, -0.2) is 12.8 Å². The standard InChI is InChI=1S/C24H27FN4O3S2/c1-3-17(2)28(19-13-14-34(31,32)16-19)22(30)15-33-24-27-26-23(20-11-7-8-12-21(20)25)29(24)18-9-5-4-6-10-18/h4-12,17,19H,3,13-16H2,1-2H3/t17-,19-/m0/s1. The highest BCUT2D eigenvalue weighted by atomic mass is 32.2. The van der Waals surface area contributed by atoms with Gasteiger partial charge in [0.15, 0.2) is 20.8 Å². The number of amides is 1. The predicted molar refractivity (Wildman–Crippen MR) is 131 cm³/mol. The second-order valence-corrected chi connectivity index (χ2v) is 11.5. The first-order chi connectivity index (χ1) is 16.3. The lowest BCUT2D eigenvalue weighted by atomic mass is 10.1. The molecule has 0 saturated carbocycles. The van der Waals surface area contributed by atoms with E-state index in [1.807, 2.05) is 44.2 Å². The van der Waals surface area contributed by atoms with E-state index in [9.17, 15) is 17.6 Å². The number of carbonyl (C=O) groups is 1. The number of hydrogen-bond acceptors (Lipinski definition) is 6. The highest BCUT2D eigenvalue weighted by Crippen LogP contribution is 2.30. The average Bonchev–Trinajstić information content (AvgIpc) is 3.41. The molecule has 10 heteroatoms. The van der Waals surface area contributed by atoms with Crippen LogP contribution < -0.4 is 0 Å². The number of nitrogens with zero attached hydrogens (tertiary/aromatic N) is 4. The summed E-state index contributed by atoms with van der Waals surface area (Å²) in [7, 11) is -3.12. The van der Waals surface area contributed by atoms with Crippen molar-refractivity contribution in [3.8, 4) is 17.1 Å². The molecule has 7 nitrogen and oxygen atoms in total. The summed E-state index contributed by atoms with van der Waals surface area (Å²) in [5.41, 5.74) is 1.07. The third kappa shape index (κ3) is 5.17. The Morgan fingerprint density at radius 1 is 1.18 bits per heavy atom. The minimum Gasteiger partial charge on any atom is -0.335 e. The Morgan fingerprint density at radius 3 is 2.53 bits per heavy atom. The number of halogens is 1. The molecule has 1 aliphatic heterocycles. The zero-order valence-electron chi connectivity index (χ0n) is 19.1. The van der Waals surface area contributed by atoms with Gasteiger partial charge >= 0.3 is 0 Å². The molecule has 0 unspecified atom stereocenters. The van der Waals surface area contributed by atoms with Gasteiger partial charge in [0.1, 0.15) is 5.82 Å². The van der Waals surface area contributed by atoms with E-state index in [4.69, 9.17) is 0 Å². The maximum atomic E-state index is 14.6. The lowest BCUT2D eigenvalue weighted by molar-refractivity contribution is -0.132. The van der Waals surface area contributed by atoms with Crippen LogP contribution in [0.2, 0.25) is 0 Å². The summed E-state index contributed by atoms with van der Waals surface area (Å²) in [5, 5.41) is 8.97. The van der Waals surface area contributed by atoms with Gasteiger partial charge < -0.3 is 4.90 Å². The van der Waals surface area contributed by atoms with Crippen LogP contribution in [0.25, 0.3) is 17.1 Å². The molecule has 1 aliphatic rings. The second kappa shape index (κ2) is 10.3. The zero-order chi connectivity index (χ0) is 24.3.